The normalized spacial score (nSPS) is 15.9. The molecule has 138 valence electrons. The van der Waals surface area contributed by atoms with Crippen molar-refractivity contribution in [3.05, 3.63) is 34.3 Å². The molecule has 1 fully saturated rings. The topological polar surface area (TPSA) is 80.0 Å². The van der Waals surface area contributed by atoms with E-state index in [9.17, 15) is 4.79 Å². The average Bonchev–Trinajstić information content (AvgIpc) is 2.60. The first-order chi connectivity index (χ1) is 12.1. The highest BCUT2D eigenvalue weighted by atomic mass is 79.9. The van der Waals surface area contributed by atoms with Crippen molar-refractivity contribution < 1.29 is 9.53 Å². The van der Waals surface area contributed by atoms with Crippen LogP contribution < -0.4 is 11.1 Å². The minimum absolute atomic E-state index is 0.227. The van der Waals surface area contributed by atoms with Crippen molar-refractivity contribution in [3.8, 4) is 0 Å². The molecule has 1 heterocycles. The molecule has 1 aliphatic rings. The molecule has 6 nitrogen and oxygen atoms in total. The number of guanidine groups is 1. The van der Waals surface area contributed by atoms with Crippen LogP contribution in [0.3, 0.4) is 0 Å². The molecule has 0 aromatic heterocycles. The molecule has 0 unspecified atom stereocenters. The van der Waals surface area contributed by atoms with Gasteiger partial charge in [-0.3, -0.25) is 4.99 Å². The van der Waals surface area contributed by atoms with Crippen molar-refractivity contribution in [1.29, 1.82) is 0 Å². The van der Waals surface area contributed by atoms with Crippen molar-refractivity contribution in [1.82, 2.24) is 10.2 Å². The molecule has 1 aromatic rings. The van der Waals surface area contributed by atoms with E-state index in [1.807, 2.05) is 19.1 Å². The van der Waals surface area contributed by atoms with Crippen LogP contribution in [0.15, 0.2) is 33.7 Å². The number of piperidine rings is 1. The Labute approximate surface area is 157 Å². The number of carbonyl (C=O) groups excluding carboxylic acids is 1. The zero-order valence-electron chi connectivity index (χ0n) is 14.7. The molecule has 0 bridgehead atoms. The molecule has 1 amide bonds. The second-order valence-electron chi connectivity index (χ2n) is 6.11. The largest absolute Gasteiger partial charge is 0.450 e. The maximum atomic E-state index is 11.7. The molecule has 0 saturated carbocycles. The van der Waals surface area contributed by atoms with Crippen LogP contribution in [-0.2, 0) is 11.2 Å². The fourth-order valence-corrected chi connectivity index (χ4v) is 3.30. The van der Waals surface area contributed by atoms with Gasteiger partial charge in [-0.15, -0.1) is 0 Å². The van der Waals surface area contributed by atoms with Gasteiger partial charge in [0, 0.05) is 30.1 Å². The van der Waals surface area contributed by atoms with Gasteiger partial charge in [0.2, 0.25) is 0 Å². The summed E-state index contributed by atoms with van der Waals surface area (Å²) in [5.41, 5.74) is 7.27. The molecule has 0 spiro atoms. The van der Waals surface area contributed by atoms with E-state index in [4.69, 9.17) is 10.5 Å². The number of carbonyl (C=O) groups is 1. The number of aryl methyl sites for hydroxylation is 1. The van der Waals surface area contributed by atoms with Crippen molar-refractivity contribution in [2.24, 2.45) is 10.7 Å². The van der Waals surface area contributed by atoms with Crippen LogP contribution in [-0.4, -0.2) is 49.2 Å². The Hall–Kier alpha value is -1.76. The van der Waals surface area contributed by atoms with E-state index in [-0.39, 0.29) is 12.1 Å². The lowest BCUT2D eigenvalue weighted by atomic mass is 10.1. The lowest BCUT2D eigenvalue weighted by Crippen LogP contribution is -2.48. The van der Waals surface area contributed by atoms with Gasteiger partial charge < -0.3 is 20.7 Å². The number of halogens is 1. The number of likely N-dealkylation sites (tertiary alicyclic amines) is 1. The van der Waals surface area contributed by atoms with Crippen LogP contribution in [0.4, 0.5) is 4.79 Å². The van der Waals surface area contributed by atoms with Crippen LogP contribution in [0, 0.1) is 0 Å². The average molecular weight is 411 g/mol. The van der Waals surface area contributed by atoms with Gasteiger partial charge in [-0.25, -0.2) is 4.79 Å². The number of rotatable bonds is 6. The second kappa shape index (κ2) is 10.3. The van der Waals surface area contributed by atoms with E-state index in [1.54, 1.807) is 4.90 Å². The van der Waals surface area contributed by atoms with Crippen LogP contribution in [0.5, 0.6) is 0 Å². The Kier molecular flexibility index (Phi) is 8.04. The number of hydrogen-bond donors (Lipinski definition) is 2. The van der Waals surface area contributed by atoms with Crippen molar-refractivity contribution in [2.45, 2.75) is 38.6 Å². The van der Waals surface area contributed by atoms with E-state index in [0.29, 0.717) is 32.2 Å². The number of nitrogens with zero attached hydrogens (tertiary/aromatic N) is 2. The van der Waals surface area contributed by atoms with Crippen LogP contribution in [0.25, 0.3) is 0 Å². The number of amides is 1. The minimum atomic E-state index is -0.227. The van der Waals surface area contributed by atoms with E-state index in [2.05, 4.69) is 38.4 Å². The van der Waals surface area contributed by atoms with Crippen molar-refractivity contribution in [2.75, 3.05) is 26.2 Å². The summed E-state index contributed by atoms with van der Waals surface area (Å²) in [5.74, 6) is 0.490. The van der Waals surface area contributed by atoms with Crippen molar-refractivity contribution >= 4 is 28.0 Å². The summed E-state index contributed by atoms with van der Waals surface area (Å²) in [6.45, 7) is 4.31. The van der Waals surface area contributed by atoms with Gasteiger partial charge in [0.1, 0.15) is 0 Å². The number of hydrogen-bond acceptors (Lipinski definition) is 3. The monoisotopic (exact) mass is 410 g/mol. The zero-order valence-corrected chi connectivity index (χ0v) is 16.3. The Bertz CT molecular complexity index is 586. The van der Waals surface area contributed by atoms with Gasteiger partial charge >= 0.3 is 6.09 Å². The lowest BCUT2D eigenvalue weighted by Gasteiger charge is -2.31. The standard InChI is InChI=1S/C18H27BrN4O2/c1-2-25-18(24)23-11-8-16(9-12-23)22-17(20)21-10-4-6-14-5-3-7-15(19)13-14/h3,5,7,13,16H,2,4,6,8-12H2,1H3,(H3,20,21,22). The molecule has 2 rings (SSSR count). The first kappa shape index (κ1) is 19.6. The first-order valence-corrected chi connectivity index (χ1v) is 9.60. The lowest BCUT2D eigenvalue weighted by molar-refractivity contribution is 0.0963. The number of ether oxygens (including phenoxy) is 1. The highest BCUT2D eigenvalue weighted by molar-refractivity contribution is 9.10. The molecule has 1 saturated heterocycles. The minimum Gasteiger partial charge on any atom is -0.450 e. The highest BCUT2D eigenvalue weighted by Gasteiger charge is 2.23. The Morgan fingerprint density at radius 2 is 2.20 bits per heavy atom. The van der Waals surface area contributed by atoms with Gasteiger partial charge in [0.25, 0.3) is 0 Å². The van der Waals surface area contributed by atoms with E-state index >= 15 is 0 Å². The number of nitrogens with two attached hydrogens (primary N) is 1. The molecular formula is C18H27BrN4O2. The summed E-state index contributed by atoms with van der Waals surface area (Å²) >= 11 is 3.48. The summed E-state index contributed by atoms with van der Waals surface area (Å²) in [5, 5.41) is 3.26. The molecule has 7 heteroatoms. The summed E-state index contributed by atoms with van der Waals surface area (Å²) in [6, 6.07) is 8.58. The highest BCUT2D eigenvalue weighted by Crippen LogP contribution is 2.13. The third kappa shape index (κ3) is 6.94. The second-order valence-corrected chi connectivity index (χ2v) is 7.02. The predicted octanol–water partition coefficient (Wildman–Crippen LogP) is 2.91. The summed E-state index contributed by atoms with van der Waals surface area (Å²) < 4.78 is 6.12. The summed E-state index contributed by atoms with van der Waals surface area (Å²) in [4.78, 5) is 17.8. The van der Waals surface area contributed by atoms with Gasteiger partial charge in [-0.05, 0) is 50.3 Å². The summed E-state index contributed by atoms with van der Waals surface area (Å²) in [7, 11) is 0. The maximum absolute atomic E-state index is 11.7. The van der Waals surface area contributed by atoms with E-state index in [1.165, 1.54) is 5.56 Å². The quantitative estimate of drug-likeness (QED) is 0.429. The SMILES string of the molecule is CCOC(=O)N1CCC(NC(N)=NCCCc2cccc(Br)c2)CC1. The zero-order chi connectivity index (χ0) is 18.1. The number of benzene rings is 1. The van der Waals surface area contributed by atoms with Crippen LogP contribution >= 0.6 is 15.9 Å². The predicted molar refractivity (Wildman–Crippen MR) is 104 cm³/mol. The Morgan fingerprint density at radius 1 is 1.44 bits per heavy atom. The molecule has 1 aromatic carbocycles. The molecular weight excluding hydrogens is 384 g/mol. The molecule has 1 aliphatic heterocycles. The van der Waals surface area contributed by atoms with Crippen LogP contribution in [0.1, 0.15) is 31.7 Å². The maximum Gasteiger partial charge on any atom is 0.409 e. The molecule has 0 radical (unpaired) electrons. The Balaban J connectivity index is 1.65. The van der Waals surface area contributed by atoms with E-state index < -0.39 is 0 Å². The van der Waals surface area contributed by atoms with Crippen LogP contribution in [0.2, 0.25) is 0 Å². The van der Waals surface area contributed by atoms with Gasteiger partial charge in [-0.1, -0.05) is 28.1 Å². The molecule has 3 N–H and O–H groups in total. The van der Waals surface area contributed by atoms with Crippen molar-refractivity contribution in [3.63, 3.8) is 0 Å². The van der Waals surface area contributed by atoms with E-state index in [0.717, 1.165) is 30.2 Å². The molecule has 0 aliphatic carbocycles. The van der Waals surface area contributed by atoms with Gasteiger partial charge in [0.05, 0.1) is 6.61 Å². The smallest absolute Gasteiger partial charge is 0.409 e. The third-order valence-electron chi connectivity index (χ3n) is 4.17. The summed E-state index contributed by atoms with van der Waals surface area (Å²) in [6.07, 6.45) is 3.42. The van der Waals surface area contributed by atoms with Gasteiger partial charge in [-0.2, -0.15) is 0 Å². The fraction of sp³-hybridized carbons (Fsp3) is 0.556. The molecule has 25 heavy (non-hydrogen) atoms. The number of aliphatic imine (C=N–C) groups is 1. The Morgan fingerprint density at radius 3 is 2.88 bits per heavy atom. The fourth-order valence-electron chi connectivity index (χ4n) is 2.85. The van der Waals surface area contributed by atoms with Gasteiger partial charge in [0.15, 0.2) is 5.96 Å². The number of nitrogens with one attached hydrogen (secondary N) is 1. The molecule has 0 atom stereocenters. The third-order valence-corrected chi connectivity index (χ3v) is 4.66. The first-order valence-electron chi connectivity index (χ1n) is 8.81.